The highest BCUT2D eigenvalue weighted by molar-refractivity contribution is 5.48. The molecule has 1 saturated heterocycles. The predicted octanol–water partition coefficient (Wildman–Crippen LogP) is 1.67. The Hall–Kier alpha value is -1.19. The molecule has 1 unspecified atom stereocenters. The molecule has 1 aliphatic heterocycles. The van der Waals surface area contributed by atoms with Crippen LogP contribution in [0.15, 0.2) is 30.3 Å². The van der Waals surface area contributed by atoms with Gasteiger partial charge in [-0.3, -0.25) is 5.73 Å². The van der Waals surface area contributed by atoms with Crippen molar-refractivity contribution in [3.63, 3.8) is 0 Å². The van der Waals surface area contributed by atoms with Gasteiger partial charge in [-0.05, 0) is 0 Å². The maximum absolute atomic E-state index is 9.17. The molecule has 0 aliphatic carbocycles. The topological polar surface area (TPSA) is 55.6 Å². The SMILES string of the molecule is CCC=O.NC1(c2ccccc2)CO1.[HH]. The molecule has 0 amide bonds. The lowest BCUT2D eigenvalue weighted by atomic mass is 10.1. The Bertz CT molecular complexity index is 286. The van der Waals surface area contributed by atoms with E-state index in [9.17, 15) is 4.79 Å². The number of ether oxygens (including phenoxy) is 1. The maximum atomic E-state index is 9.17. The van der Waals surface area contributed by atoms with Gasteiger partial charge in [0.1, 0.15) is 6.29 Å². The van der Waals surface area contributed by atoms with Crippen LogP contribution in [0.25, 0.3) is 0 Å². The zero-order valence-corrected chi connectivity index (χ0v) is 8.27. The largest absolute Gasteiger partial charge is 0.349 e. The first-order valence-electron chi connectivity index (χ1n) is 4.65. The van der Waals surface area contributed by atoms with Gasteiger partial charge in [0.15, 0.2) is 5.72 Å². The van der Waals surface area contributed by atoms with E-state index in [-0.39, 0.29) is 1.43 Å². The summed E-state index contributed by atoms with van der Waals surface area (Å²) >= 11 is 0. The average Bonchev–Trinajstić information content (AvgIpc) is 3.00. The van der Waals surface area contributed by atoms with Crippen molar-refractivity contribution in [1.82, 2.24) is 0 Å². The van der Waals surface area contributed by atoms with E-state index in [0.29, 0.717) is 13.0 Å². The van der Waals surface area contributed by atoms with E-state index >= 15 is 0 Å². The standard InChI is InChI=1S/C8H9NO.C3H6O.H2/c9-8(6-10-8)7-4-2-1-3-5-7;1-2-3-4;/h1-5H,6,9H2;3H,2H2,1H3;1H. The smallest absolute Gasteiger partial charge is 0.166 e. The molecule has 78 valence electrons. The fourth-order valence-corrected chi connectivity index (χ4v) is 0.965. The van der Waals surface area contributed by atoms with E-state index in [1.165, 1.54) is 0 Å². The molecule has 2 rings (SSSR count). The maximum Gasteiger partial charge on any atom is 0.166 e. The number of carbonyl (C=O) groups is 1. The minimum absolute atomic E-state index is 0. The molecule has 1 aromatic rings. The van der Waals surface area contributed by atoms with Crippen molar-refractivity contribution in [3.8, 4) is 0 Å². The first-order chi connectivity index (χ1) is 6.73. The van der Waals surface area contributed by atoms with Gasteiger partial charge in [0, 0.05) is 13.4 Å². The average molecular weight is 195 g/mol. The van der Waals surface area contributed by atoms with Crippen molar-refractivity contribution in [2.75, 3.05) is 6.61 Å². The number of rotatable bonds is 2. The van der Waals surface area contributed by atoms with E-state index in [1.807, 2.05) is 37.3 Å². The van der Waals surface area contributed by atoms with E-state index < -0.39 is 5.72 Å². The molecular formula is C11H17NO2. The van der Waals surface area contributed by atoms with Crippen LogP contribution in [0.3, 0.4) is 0 Å². The summed E-state index contributed by atoms with van der Waals surface area (Å²) in [6.45, 7) is 2.46. The highest BCUT2D eigenvalue weighted by Gasteiger charge is 2.41. The molecule has 0 aromatic heterocycles. The molecule has 0 saturated carbocycles. The molecule has 3 heteroatoms. The number of nitrogens with two attached hydrogens (primary N) is 1. The number of carbonyl (C=O) groups excluding carboxylic acids is 1. The van der Waals surface area contributed by atoms with Gasteiger partial charge in [-0.25, -0.2) is 0 Å². The normalized spacial score (nSPS) is 23.3. The lowest BCUT2D eigenvalue weighted by molar-refractivity contribution is -0.107. The van der Waals surface area contributed by atoms with Crippen LogP contribution >= 0.6 is 0 Å². The molecule has 1 atom stereocenters. The molecule has 0 radical (unpaired) electrons. The lowest BCUT2D eigenvalue weighted by Crippen LogP contribution is -2.20. The lowest BCUT2D eigenvalue weighted by Gasteiger charge is -2.02. The number of aldehydes is 1. The Labute approximate surface area is 85.4 Å². The van der Waals surface area contributed by atoms with Crippen LogP contribution in [0.1, 0.15) is 20.3 Å². The summed E-state index contributed by atoms with van der Waals surface area (Å²) in [4.78, 5) is 9.17. The van der Waals surface area contributed by atoms with Gasteiger partial charge >= 0.3 is 0 Å². The van der Waals surface area contributed by atoms with Gasteiger partial charge in [-0.1, -0.05) is 37.3 Å². The van der Waals surface area contributed by atoms with Crippen molar-refractivity contribution < 1.29 is 11.0 Å². The van der Waals surface area contributed by atoms with E-state index in [1.54, 1.807) is 0 Å². The first kappa shape index (κ1) is 10.9. The molecule has 1 fully saturated rings. The summed E-state index contributed by atoms with van der Waals surface area (Å²) in [6.07, 6.45) is 1.51. The van der Waals surface area contributed by atoms with Crippen molar-refractivity contribution in [2.45, 2.75) is 19.1 Å². The first-order valence-corrected chi connectivity index (χ1v) is 4.65. The Morgan fingerprint density at radius 1 is 1.57 bits per heavy atom. The second kappa shape index (κ2) is 4.88. The van der Waals surface area contributed by atoms with Crippen molar-refractivity contribution >= 4 is 6.29 Å². The fraction of sp³-hybridized carbons (Fsp3) is 0.364. The van der Waals surface area contributed by atoms with Gasteiger partial charge < -0.3 is 9.53 Å². The number of hydrogen-bond donors (Lipinski definition) is 1. The molecule has 0 spiro atoms. The minimum Gasteiger partial charge on any atom is -0.349 e. The number of benzene rings is 1. The molecule has 3 nitrogen and oxygen atoms in total. The molecule has 0 bridgehead atoms. The van der Waals surface area contributed by atoms with Crippen LogP contribution in [0.5, 0.6) is 0 Å². The summed E-state index contributed by atoms with van der Waals surface area (Å²) in [6, 6.07) is 9.85. The summed E-state index contributed by atoms with van der Waals surface area (Å²) in [5.41, 5.74) is 6.35. The van der Waals surface area contributed by atoms with Crippen molar-refractivity contribution in [1.29, 1.82) is 0 Å². The van der Waals surface area contributed by atoms with Gasteiger partial charge in [0.25, 0.3) is 0 Å². The highest BCUT2D eigenvalue weighted by atomic mass is 16.6. The van der Waals surface area contributed by atoms with Gasteiger partial charge in [-0.2, -0.15) is 0 Å². The molecule has 1 aliphatic rings. The van der Waals surface area contributed by atoms with Gasteiger partial charge in [-0.15, -0.1) is 0 Å². The Morgan fingerprint density at radius 3 is 2.43 bits per heavy atom. The summed E-state index contributed by atoms with van der Waals surface area (Å²) < 4.78 is 5.06. The Balaban J connectivity index is 0.000000346. The zero-order chi connectivity index (χ0) is 10.4. The zero-order valence-electron chi connectivity index (χ0n) is 8.27. The van der Waals surface area contributed by atoms with Crippen LogP contribution in [-0.2, 0) is 15.3 Å². The van der Waals surface area contributed by atoms with Crippen LogP contribution in [0, 0.1) is 0 Å². The number of hydrogen-bond acceptors (Lipinski definition) is 3. The summed E-state index contributed by atoms with van der Waals surface area (Å²) in [5, 5.41) is 0. The third kappa shape index (κ3) is 2.94. The second-order valence-electron chi connectivity index (χ2n) is 3.12. The van der Waals surface area contributed by atoms with Crippen LogP contribution < -0.4 is 5.73 Å². The van der Waals surface area contributed by atoms with Crippen molar-refractivity contribution in [2.24, 2.45) is 5.73 Å². The second-order valence-corrected chi connectivity index (χ2v) is 3.12. The Morgan fingerprint density at radius 2 is 2.07 bits per heavy atom. The molecule has 1 heterocycles. The van der Waals surface area contributed by atoms with Crippen LogP contribution in [0.4, 0.5) is 0 Å². The van der Waals surface area contributed by atoms with Crippen LogP contribution in [-0.4, -0.2) is 12.9 Å². The van der Waals surface area contributed by atoms with Gasteiger partial charge in [0.05, 0.1) is 6.61 Å². The van der Waals surface area contributed by atoms with E-state index in [4.69, 9.17) is 10.5 Å². The van der Waals surface area contributed by atoms with Crippen molar-refractivity contribution in [3.05, 3.63) is 35.9 Å². The third-order valence-corrected chi connectivity index (χ3v) is 1.88. The fourth-order valence-electron chi connectivity index (χ4n) is 0.965. The quantitative estimate of drug-likeness (QED) is 0.577. The van der Waals surface area contributed by atoms with E-state index in [2.05, 4.69) is 0 Å². The highest BCUT2D eigenvalue weighted by Crippen LogP contribution is 2.31. The number of epoxide rings is 1. The Kier molecular flexibility index (Phi) is 3.80. The van der Waals surface area contributed by atoms with Gasteiger partial charge in [0.2, 0.25) is 0 Å². The predicted molar refractivity (Wildman–Crippen MR) is 56.7 cm³/mol. The summed E-state index contributed by atoms with van der Waals surface area (Å²) in [7, 11) is 0. The van der Waals surface area contributed by atoms with Crippen LogP contribution in [0.2, 0.25) is 0 Å². The molecular weight excluding hydrogens is 178 g/mol. The molecule has 1 aromatic carbocycles. The third-order valence-electron chi connectivity index (χ3n) is 1.88. The van der Waals surface area contributed by atoms with E-state index in [0.717, 1.165) is 11.8 Å². The molecule has 14 heavy (non-hydrogen) atoms. The monoisotopic (exact) mass is 195 g/mol. The molecule has 2 N–H and O–H groups in total. The summed E-state index contributed by atoms with van der Waals surface area (Å²) in [5.74, 6) is 0. The minimum atomic E-state index is -0.457.